The molecule has 1 aromatic heterocycles. The fourth-order valence-corrected chi connectivity index (χ4v) is 2.17. The summed E-state index contributed by atoms with van der Waals surface area (Å²) in [5.74, 6) is 0.973. The molecule has 0 aliphatic heterocycles. The number of rotatable bonds is 2. The van der Waals surface area contributed by atoms with E-state index in [1.54, 1.807) is 6.07 Å². The van der Waals surface area contributed by atoms with E-state index in [1.165, 1.54) is 18.4 Å². The molecule has 1 aromatic carbocycles. The van der Waals surface area contributed by atoms with Crippen LogP contribution in [0.1, 0.15) is 24.3 Å². The number of nitrogens with two attached hydrogens (primary N) is 1. The van der Waals surface area contributed by atoms with E-state index in [0.717, 1.165) is 16.3 Å². The Morgan fingerprint density at radius 1 is 1.31 bits per heavy atom. The van der Waals surface area contributed by atoms with Crippen LogP contribution < -0.4 is 5.73 Å². The van der Waals surface area contributed by atoms with Crippen LogP contribution in [-0.4, -0.2) is 5.16 Å². The topological polar surface area (TPSA) is 52.0 Å². The van der Waals surface area contributed by atoms with Gasteiger partial charge in [-0.3, -0.25) is 0 Å². The number of aromatic nitrogens is 1. The summed E-state index contributed by atoms with van der Waals surface area (Å²) < 4.78 is 4.83. The number of halogens is 1. The molecule has 0 unspecified atom stereocenters. The smallest absolute Gasteiger partial charge is 0.222 e. The largest absolute Gasteiger partial charge is 0.368 e. The predicted molar refractivity (Wildman–Crippen MR) is 63.3 cm³/mol. The average molecular weight is 235 g/mol. The summed E-state index contributed by atoms with van der Waals surface area (Å²) in [4.78, 5) is 0. The van der Waals surface area contributed by atoms with E-state index in [-0.39, 0.29) is 0 Å². The molecule has 3 nitrogen and oxygen atoms in total. The fraction of sp³-hybridized carbons (Fsp3) is 0.250. The van der Waals surface area contributed by atoms with Crippen molar-refractivity contribution in [1.29, 1.82) is 0 Å². The maximum atomic E-state index is 6.23. The predicted octanol–water partition coefficient (Wildman–Crippen LogP) is 3.45. The molecule has 0 amide bonds. The van der Waals surface area contributed by atoms with E-state index in [2.05, 4.69) is 11.2 Å². The van der Waals surface area contributed by atoms with Crippen LogP contribution in [0, 0.1) is 0 Å². The van der Waals surface area contributed by atoms with Crippen LogP contribution in [-0.2, 0) is 0 Å². The van der Waals surface area contributed by atoms with Crippen molar-refractivity contribution in [3.05, 3.63) is 34.9 Å². The van der Waals surface area contributed by atoms with Gasteiger partial charge in [-0.2, -0.15) is 0 Å². The Bertz CT molecular complexity index is 532. The Kier molecular flexibility index (Phi) is 2.14. The normalized spacial score (nSPS) is 15.3. The SMILES string of the molecule is Nc1cc(-c2ccc(C3CC3)c(Cl)c2)no1. The minimum Gasteiger partial charge on any atom is -0.368 e. The molecule has 4 heteroatoms. The minimum absolute atomic E-state index is 0.317. The maximum Gasteiger partial charge on any atom is 0.222 e. The molecule has 0 spiro atoms. The molecule has 1 heterocycles. The average Bonchev–Trinajstić information content (AvgIpc) is 3.01. The van der Waals surface area contributed by atoms with Crippen LogP contribution >= 0.6 is 11.6 Å². The van der Waals surface area contributed by atoms with Gasteiger partial charge in [0.1, 0.15) is 5.69 Å². The van der Waals surface area contributed by atoms with Gasteiger partial charge in [-0.25, -0.2) is 0 Å². The zero-order valence-corrected chi connectivity index (χ0v) is 9.37. The van der Waals surface area contributed by atoms with E-state index in [1.807, 2.05) is 12.1 Å². The van der Waals surface area contributed by atoms with Crippen molar-refractivity contribution in [2.45, 2.75) is 18.8 Å². The summed E-state index contributed by atoms with van der Waals surface area (Å²) in [6.45, 7) is 0. The van der Waals surface area contributed by atoms with E-state index >= 15 is 0 Å². The molecule has 1 aliphatic carbocycles. The van der Waals surface area contributed by atoms with Gasteiger partial charge in [-0.05, 0) is 30.4 Å². The van der Waals surface area contributed by atoms with E-state index in [4.69, 9.17) is 21.9 Å². The highest BCUT2D eigenvalue weighted by atomic mass is 35.5. The Labute approximate surface area is 98.2 Å². The monoisotopic (exact) mass is 234 g/mol. The zero-order valence-electron chi connectivity index (χ0n) is 8.61. The molecule has 1 fully saturated rings. The summed E-state index contributed by atoms with van der Waals surface area (Å²) in [5, 5.41) is 4.67. The molecule has 2 N–H and O–H groups in total. The van der Waals surface area contributed by atoms with Gasteiger partial charge in [-0.15, -0.1) is 0 Å². The lowest BCUT2D eigenvalue weighted by molar-refractivity contribution is 0.439. The van der Waals surface area contributed by atoms with Crippen LogP contribution in [0.25, 0.3) is 11.3 Å². The van der Waals surface area contributed by atoms with Gasteiger partial charge >= 0.3 is 0 Å². The molecule has 16 heavy (non-hydrogen) atoms. The van der Waals surface area contributed by atoms with Gasteiger partial charge in [0.2, 0.25) is 5.88 Å². The highest BCUT2D eigenvalue weighted by Gasteiger charge is 2.25. The lowest BCUT2D eigenvalue weighted by Crippen LogP contribution is -1.84. The van der Waals surface area contributed by atoms with Gasteiger partial charge in [-0.1, -0.05) is 28.9 Å². The maximum absolute atomic E-state index is 6.23. The molecular formula is C12H11ClN2O. The third-order valence-corrected chi connectivity index (χ3v) is 3.17. The van der Waals surface area contributed by atoms with Crippen molar-refractivity contribution in [2.75, 3.05) is 5.73 Å². The first-order valence-corrected chi connectivity index (χ1v) is 5.64. The lowest BCUT2D eigenvalue weighted by atomic mass is 10.1. The van der Waals surface area contributed by atoms with Crippen LogP contribution in [0.15, 0.2) is 28.8 Å². The summed E-state index contributed by atoms with van der Waals surface area (Å²) >= 11 is 6.23. The second-order valence-corrected chi connectivity index (χ2v) is 4.53. The molecule has 0 radical (unpaired) electrons. The first kappa shape index (κ1) is 9.73. The first-order chi connectivity index (χ1) is 7.74. The van der Waals surface area contributed by atoms with Crippen molar-refractivity contribution in [2.24, 2.45) is 0 Å². The number of nitrogen functional groups attached to an aromatic ring is 1. The van der Waals surface area contributed by atoms with Gasteiger partial charge in [0.05, 0.1) is 0 Å². The van der Waals surface area contributed by atoms with E-state index in [0.29, 0.717) is 11.8 Å². The number of hydrogen-bond donors (Lipinski definition) is 1. The zero-order chi connectivity index (χ0) is 11.1. The Hall–Kier alpha value is -1.48. The summed E-state index contributed by atoms with van der Waals surface area (Å²) in [7, 11) is 0. The molecule has 82 valence electrons. The second-order valence-electron chi connectivity index (χ2n) is 4.13. The van der Waals surface area contributed by atoms with Crippen molar-refractivity contribution in [3.8, 4) is 11.3 Å². The van der Waals surface area contributed by atoms with Crippen LogP contribution in [0.2, 0.25) is 5.02 Å². The molecule has 1 saturated carbocycles. The van der Waals surface area contributed by atoms with Crippen molar-refractivity contribution < 1.29 is 4.52 Å². The summed E-state index contributed by atoms with van der Waals surface area (Å²) in [6.07, 6.45) is 2.49. The standard InChI is InChI=1S/C12H11ClN2O/c13-10-5-8(11-6-12(14)16-15-11)3-4-9(10)7-1-2-7/h3-7H,1-2,14H2. The lowest BCUT2D eigenvalue weighted by Gasteiger charge is -2.03. The number of nitrogens with zero attached hydrogens (tertiary/aromatic N) is 1. The number of benzene rings is 1. The molecule has 0 atom stereocenters. The Morgan fingerprint density at radius 3 is 2.69 bits per heavy atom. The van der Waals surface area contributed by atoms with Gasteiger partial charge in [0, 0.05) is 16.7 Å². The molecular weight excluding hydrogens is 224 g/mol. The first-order valence-electron chi connectivity index (χ1n) is 5.26. The number of anilines is 1. The van der Waals surface area contributed by atoms with Crippen molar-refractivity contribution in [3.63, 3.8) is 0 Å². The van der Waals surface area contributed by atoms with Crippen LogP contribution in [0.4, 0.5) is 5.88 Å². The van der Waals surface area contributed by atoms with E-state index < -0.39 is 0 Å². The summed E-state index contributed by atoms with van der Waals surface area (Å²) in [6, 6.07) is 7.70. The molecule has 3 rings (SSSR count). The van der Waals surface area contributed by atoms with Gasteiger partial charge < -0.3 is 10.3 Å². The highest BCUT2D eigenvalue weighted by molar-refractivity contribution is 6.31. The minimum atomic E-state index is 0.317. The quantitative estimate of drug-likeness (QED) is 0.866. The number of hydrogen-bond acceptors (Lipinski definition) is 3. The third kappa shape index (κ3) is 1.67. The molecule has 2 aromatic rings. The Balaban J connectivity index is 1.99. The van der Waals surface area contributed by atoms with Gasteiger partial charge in [0.15, 0.2) is 0 Å². The third-order valence-electron chi connectivity index (χ3n) is 2.84. The van der Waals surface area contributed by atoms with Crippen LogP contribution in [0.3, 0.4) is 0 Å². The molecule has 0 saturated heterocycles. The highest BCUT2D eigenvalue weighted by Crippen LogP contribution is 2.44. The molecule has 0 bridgehead atoms. The molecule has 1 aliphatic rings. The van der Waals surface area contributed by atoms with E-state index in [9.17, 15) is 0 Å². The summed E-state index contributed by atoms with van der Waals surface area (Å²) in [5.41, 5.74) is 8.38. The van der Waals surface area contributed by atoms with Crippen LogP contribution in [0.5, 0.6) is 0 Å². The fourth-order valence-electron chi connectivity index (χ4n) is 1.84. The van der Waals surface area contributed by atoms with Gasteiger partial charge in [0.25, 0.3) is 0 Å². The Morgan fingerprint density at radius 2 is 2.12 bits per heavy atom. The van der Waals surface area contributed by atoms with Crippen molar-refractivity contribution >= 4 is 17.5 Å². The second kappa shape index (κ2) is 3.52. The van der Waals surface area contributed by atoms with Crippen molar-refractivity contribution in [1.82, 2.24) is 5.16 Å².